The van der Waals surface area contributed by atoms with E-state index in [4.69, 9.17) is 0 Å². The SMILES string of the molecule is CCCC1(C(=O)CCS(=O)(=O)C(C)(C)C)CCCNC1. The van der Waals surface area contributed by atoms with Crippen molar-refractivity contribution in [3.63, 3.8) is 0 Å². The normalized spacial score (nSPS) is 24.6. The van der Waals surface area contributed by atoms with Crippen molar-refractivity contribution < 1.29 is 13.2 Å². The van der Waals surface area contributed by atoms with E-state index in [0.29, 0.717) is 6.54 Å². The Morgan fingerprint density at radius 3 is 2.40 bits per heavy atom. The molecular formula is C15H29NO3S. The molecule has 1 rings (SSSR count). The number of piperidine rings is 1. The Balaban J connectivity index is 2.73. The van der Waals surface area contributed by atoms with Crippen LogP contribution >= 0.6 is 0 Å². The lowest BCUT2D eigenvalue weighted by Crippen LogP contribution is -2.46. The molecule has 1 aliphatic rings. The fourth-order valence-electron chi connectivity index (χ4n) is 2.84. The molecule has 1 N–H and O–H groups in total. The molecule has 118 valence electrons. The number of hydrogen-bond acceptors (Lipinski definition) is 4. The Morgan fingerprint density at radius 2 is 1.95 bits per heavy atom. The van der Waals surface area contributed by atoms with Gasteiger partial charge in [-0.05, 0) is 46.6 Å². The maximum Gasteiger partial charge on any atom is 0.155 e. The van der Waals surface area contributed by atoms with E-state index >= 15 is 0 Å². The van der Waals surface area contributed by atoms with Crippen LogP contribution in [0.25, 0.3) is 0 Å². The van der Waals surface area contributed by atoms with Crippen LogP contribution in [0.5, 0.6) is 0 Å². The molecule has 1 atom stereocenters. The highest BCUT2D eigenvalue weighted by Gasteiger charge is 2.39. The Bertz CT molecular complexity index is 423. The molecule has 0 radical (unpaired) electrons. The molecule has 0 aliphatic carbocycles. The van der Waals surface area contributed by atoms with Crippen molar-refractivity contribution in [1.29, 1.82) is 0 Å². The first kappa shape index (κ1) is 17.6. The molecule has 0 spiro atoms. The van der Waals surface area contributed by atoms with Gasteiger partial charge in [-0.2, -0.15) is 0 Å². The predicted octanol–water partition coefficient (Wildman–Crippen LogP) is 2.33. The minimum atomic E-state index is -3.21. The average molecular weight is 303 g/mol. The number of ketones is 1. The van der Waals surface area contributed by atoms with E-state index in [1.807, 2.05) is 0 Å². The van der Waals surface area contributed by atoms with Crippen LogP contribution < -0.4 is 5.32 Å². The van der Waals surface area contributed by atoms with Crippen LogP contribution in [0.15, 0.2) is 0 Å². The van der Waals surface area contributed by atoms with E-state index < -0.39 is 14.6 Å². The molecule has 1 heterocycles. The summed E-state index contributed by atoms with van der Waals surface area (Å²) in [6, 6.07) is 0. The van der Waals surface area contributed by atoms with Crippen LogP contribution in [0.2, 0.25) is 0 Å². The first-order valence-electron chi connectivity index (χ1n) is 7.61. The highest BCUT2D eigenvalue weighted by Crippen LogP contribution is 2.34. The zero-order valence-electron chi connectivity index (χ0n) is 13.3. The molecular weight excluding hydrogens is 274 g/mol. The molecule has 1 fully saturated rings. The van der Waals surface area contributed by atoms with E-state index in [2.05, 4.69) is 12.2 Å². The van der Waals surface area contributed by atoms with Gasteiger partial charge in [0.25, 0.3) is 0 Å². The van der Waals surface area contributed by atoms with Gasteiger partial charge >= 0.3 is 0 Å². The Morgan fingerprint density at radius 1 is 1.30 bits per heavy atom. The first-order valence-corrected chi connectivity index (χ1v) is 9.26. The van der Waals surface area contributed by atoms with Gasteiger partial charge in [-0.25, -0.2) is 8.42 Å². The van der Waals surface area contributed by atoms with Gasteiger partial charge in [0.1, 0.15) is 5.78 Å². The van der Waals surface area contributed by atoms with Crippen molar-refractivity contribution in [2.24, 2.45) is 5.41 Å². The van der Waals surface area contributed by atoms with Crippen molar-refractivity contribution in [1.82, 2.24) is 5.32 Å². The summed E-state index contributed by atoms with van der Waals surface area (Å²) in [7, 11) is -3.21. The van der Waals surface area contributed by atoms with Gasteiger partial charge in [-0.3, -0.25) is 4.79 Å². The van der Waals surface area contributed by atoms with Crippen LogP contribution in [-0.4, -0.2) is 37.8 Å². The summed E-state index contributed by atoms with van der Waals surface area (Å²) in [4.78, 5) is 12.6. The number of carbonyl (C=O) groups is 1. The van der Waals surface area contributed by atoms with Crippen LogP contribution in [0.3, 0.4) is 0 Å². The molecule has 1 saturated heterocycles. The van der Waals surface area contributed by atoms with Crippen LogP contribution in [0, 0.1) is 5.41 Å². The quantitative estimate of drug-likeness (QED) is 0.818. The molecule has 0 saturated carbocycles. The Hall–Kier alpha value is -0.420. The summed E-state index contributed by atoms with van der Waals surface area (Å²) in [5, 5.41) is 3.30. The van der Waals surface area contributed by atoms with E-state index in [1.54, 1.807) is 20.8 Å². The molecule has 0 aromatic rings. The maximum atomic E-state index is 12.6. The minimum Gasteiger partial charge on any atom is -0.316 e. The van der Waals surface area contributed by atoms with Crippen molar-refractivity contribution in [2.45, 2.75) is 64.5 Å². The number of Topliss-reactive ketones (excluding diaryl/α,β-unsaturated/α-hetero) is 1. The third kappa shape index (κ3) is 4.04. The summed E-state index contributed by atoms with van der Waals surface area (Å²) >= 11 is 0. The van der Waals surface area contributed by atoms with Gasteiger partial charge in [0.05, 0.1) is 10.5 Å². The summed E-state index contributed by atoms with van der Waals surface area (Å²) in [5.74, 6) is 0.0974. The van der Waals surface area contributed by atoms with E-state index in [-0.39, 0.29) is 23.4 Å². The number of sulfone groups is 1. The van der Waals surface area contributed by atoms with Crippen molar-refractivity contribution >= 4 is 15.6 Å². The molecule has 0 aromatic heterocycles. The van der Waals surface area contributed by atoms with Crippen LogP contribution in [0.4, 0.5) is 0 Å². The molecule has 1 unspecified atom stereocenters. The Kier molecular flexibility index (Phi) is 5.79. The van der Waals surface area contributed by atoms with Crippen molar-refractivity contribution in [3.05, 3.63) is 0 Å². The fraction of sp³-hybridized carbons (Fsp3) is 0.933. The van der Waals surface area contributed by atoms with Gasteiger partial charge in [0.2, 0.25) is 0 Å². The number of hydrogen-bond donors (Lipinski definition) is 1. The first-order chi connectivity index (χ1) is 9.15. The van der Waals surface area contributed by atoms with Gasteiger partial charge in [-0.15, -0.1) is 0 Å². The monoisotopic (exact) mass is 303 g/mol. The average Bonchev–Trinajstić information content (AvgIpc) is 2.36. The highest BCUT2D eigenvalue weighted by atomic mass is 32.2. The standard InChI is InChI=1S/C15H29NO3S/c1-5-8-15(9-6-10-16-12-15)13(17)7-11-20(18,19)14(2,3)4/h16H,5-12H2,1-4H3. The summed E-state index contributed by atoms with van der Waals surface area (Å²) in [6.45, 7) is 8.81. The lowest BCUT2D eigenvalue weighted by Gasteiger charge is -2.36. The molecule has 0 amide bonds. The minimum absolute atomic E-state index is 0.0270. The van der Waals surface area contributed by atoms with E-state index in [1.165, 1.54) is 0 Å². The molecule has 1 aliphatic heterocycles. The smallest absolute Gasteiger partial charge is 0.155 e. The van der Waals surface area contributed by atoms with Crippen LogP contribution in [0.1, 0.15) is 59.8 Å². The zero-order chi connectivity index (χ0) is 15.4. The lowest BCUT2D eigenvalue weighted by atomic mass is 9.73. The third-order valence-electron chi connectivity index (χ3n) is 4.32. The second-order valence-corrected chi connectivity index (χ2v) is 9.78. The number of nitrogens with one attached hydrogen (secondary N) is 1. The molecule has 5 heteroatoms. The summed E-state index contributed by atoms with van der Waals surface area (Å²) in [5.41, 5.74) is -0.333. The molecule has 0 aromatic carbocycles. The van der Waals surface area contributed by atoms with E-state index in [0.717, 1.165) is 32.2 Å². The van der Waals surface area contributed by atoms with Gasteiger partial charge in [0, 0.05) is 18.4 Å². The van der Waals surface area contributed by atoms with Gasteiger partial charge < -0.3 is 5.32 Å². The second-order valence-electron chi connectivity index (χ2n) is 6.92. The topological polar surface area (TPSA) is 63.2 Å². The maximum absolute atomic E-state index is 12.6. The van der Waals surface area contributed by atoms with Gasteiger partial charge in [-0.1, -0.05) is 13.3 Å². The molecule has 0 bridgehead atoms. The molecule has 4 nitrogen and oxygen atoms in total. The molecule has 20 heavy (non-hydrogen) atoms. The summed E-state index contributed by atoms with van der Waals surface area (Å²) < 4.78 is 23.5. The third-order valence-corrected chi connectivity index (χ3v) is 6.93. The van der Waals surface area contributed by atoms with Crippen molar-refractivity contribution in [3.8, 4) is 0 Å². The fourth-order valence-corrected chi connectivity index (χ4v) is 3.90. The van der Waals surface area contributed by atoms with Crippen LogP contribution in [-0.2, 0) is 14.6 Å². The largest absolute Gasteiger partial charge is 0.316 e. The summed E-state index contributed by atoms with van der Waals surface area (Å²) in [6.07, 6.45) is 3.86. The van der Waals surface area contributed by atoms with E-state index in [9.17, 15) is 13.2 Å². The zero-order valence-corrected chi connectivity index (χ0v) is 14.1. The predicted molar refractivity (Wildman–Crippen MR) is 82.6 cm³/mol. The lowest BCUT2D eigenvalue weighted by molar-refractivity contribution is -0.129. The number of carbonyl (C=O) groups excluding carboxylic acids is 1. The number of rotatable bonds is 6. The second kappa shape index (κ2) is 6.56. The van der Waals surface area contributed by atoms with Gasteiger partial charge in [0.15, 0.2) is 9.84 Å². The van der Waals surface area contributed by atoms with Crippen molar-refractivity contribution in [2.75, 3.05) is 18.8 Å². The Labute approximate surface area is 123 Å². The highest BCUT2D eigenvalue weighted by molar-refractivity contribution is 7.92.